The summed E-state index contributed by atoms with van der Waals surface area (Å²) in [5, 5.41) is 0. The molecule has 1 aromatic heterocycles. The van der Waals surface area contributed by atoms with E-state index in [2.05, 4.69) is 17.6 Å². The van der Waals surface area contributed by atoms with Crippen molar-refractivity contribution in [2.24, 2.45) is 0 Å². The van der Waals surface area contributed by atoms with Gasteiger partial charge in [-0.2, -0.15) is 4.57 Å². The van der Waals surface area contributed by atoms with Crippen LogP contribution >= 0.6 is 12.6 Å². The zero-order valence-corrected chi connectivity index (χ0v) is 13.5. The fourth-order valence-corrected chi connectivity index (χ4v) is 2.68. The normalized spacial score (nSPS) is 10.5. The Morgan fingerprint density at radius 1 is 1.04 bits per heavy atom. The highest BCUT2D eigenvalue weighted by molar-refractivity contribution is 7.80. The van der Waals surface area contributed by atoms with Crippen molar-refractivity contribution in [3.63, 3.8) is 0 Å². The van der Waals surface area contributed by atoms with Crippen molar-refractivity contribution in [1.82, 2.24) is 4.98 Å². The first-order valence-corrected chi connectivity index (χ1v) is 7.86. The fourth-order valence-electron chi connectivity index (χ4n) is 2.44. The molecule has 3 aromatic rings. The number of carbonyl (C=O) groups is 1. The highest BCUT2D eigenvalue weighted by Crippen LogP contribution is 2.15. The molecule has 2 aromatic carbocycles. The Balaban J connectivity index is 1.84. The van der Waals surface area contributed by atoms with Gasteiger partial charge in [0, 0.05) is 10.5 Å². The van der Waals surface area contributed by atoms with E-state index in [9.17, 15) is 4.79 Å². The molecule has 0 spiro atoms. The average Bonchev–Trinajstić information content (AvgIpc) is 2.59. The molecular weight excluding hydrogens is 304 g/mol. The minimum absolute atomic E-state index is 0.0854. The molecule has 0 fully saturated rings. The molecular formula is C19H17N2OS+. The second-order valence-electron chi connectivity index (χ2n) is 5.29. The Bertz CT molecular complexity index is 818. The van der Waals surface area contributed by atoms with Crippen LogP contribution in [-0.2, 0) is 13.0 Å². The summed E-state index contributed by atoms with van der Waals surface area (Å²) < 4.78 is 1.95. The number of aromatic nitrogens is 2. The lowest BCUT2D eigenvalue weighted by molar-refractivity contribution is -0.690. The Kier molecular flexibility index (Phi) is 4.83. The largest absolute Gasteiger partial charge is 0.287 e. The van der Waals surface area contributed by atoms with Gasteiger partial charge in [-0.1, -0.05) is 48.5 Å². The molecule has 3 nitrogen and oxygen atoms in total. The van der Waals surface area contributed by atoms with Crippen molar-refractivity contribution in [2.45, 2.75) is 17.9 Å². The van der Waals surface area contributed by atoms with Crippen LogP contribution in [0.4, 0.5) is 0 Å². The molecule has 23 heavy (non-hydrogen) atoms. The van der Waals surface area contributed by atoms with E-state index < -0.39 is 0 Å². The van der Waals surface area contributed by atoms with Crippen molar-refractivity contribution in [3.8, 4) is 0 Å². The van der Waals surface area contributed by atoms with E-state index in [1.807, 2.05) is 65.4 Å². The van der Waals surface area contributed by atoms with Crippen LogP contribution in [0.3, 0.4) is 0 Å². The summed E-state index contributed by atoms with van der Waals surface area (Å²) in [5.41, 5.74) is 2.82. The predicted molar refractivity (Wildman–Crippen MR) is 91.7 cm³/mol. The second kappa shape index (κ2) is 7.20. The average molecular weight is 321 g/mol. The lowest BCUT2D eigenvalue weighted by Crippen LogP contribution is -2.42. The Morgan fingerprint density at radius 3 is 2.57 bits per heavy atom. The summed E-state index contributed by atoms with van der Waals surface area (Å²) in [6, 6.07) is 17.3. The van der Waals surface area contributed by atoms with E-state index in [-0.39, 0.29) is 5.78 Å². The third kappa shape index (κ3) is 3.85. The van der Waals surface area contributed by atoms with E-state index >= 15 is 0 Å². The van der Waals surface area contributed by atoms with Gasteiger partial charge in [-0.25, -0.2) is 0 Å². The molecule has 3 rings (SSSR count). The summed E-state index contributed by atoms with van der Waals surface area (Å²) in [6.07, 6.45) is 6.04. The molecule has 0 aliphatic heterocycles. The maximum Gasteiger partial charge on any atom is 0.227 e. The summed E-state index contributed by atoms with van der Waals surface area (Å²) in [6.45, 7) is 0.302. The van der Waals surface area contributed by atoms with Crippen LogP contribution in [-0.4, -0.2) is 10.8 Å². The number of thiol groups is 1. The quantitative estimate of drug-likeness (QED) is 0.445. The molecule has 1 heterocycles. The van der Waals surface area contributed by atoms with Crippen molar-refractivity contribution in [1.29, 1.82) is 0 Å². The number of hydrogen-bond donors (Lipinski definition) is 1. The maximum absolute atomic E-state index is 12.4. The molecule has 0 saturated heterocycles. The highest BCUT2D eigenvalue weighted by atomic mass is 32.1. The number of hydrogen-bond acceptors (Lipinski definition) is 3. The molecule has 0 unspecified atom stereocenters. The molecule has 0 bridgehead atoms. The molecule has 0 aliphatic rings. The van der Waals surface area contributed by atoms with Crippen LogP contribution in [0, 0.1) is 0 Å². The first kappa shape index (κ1) is 15.4. The minimum Gasteiger partial charge on any atom is -0.287 e. The molecule has 4 heteroatoms. The maximum atomic E-state index is 12.4. The molecule has 0 aliphatic carbocycles. The van der Waals surface area contributed by atoms with Crippen molar-refractivity contribution in [2.75, 3.05) is 0 Å². The van der Waals surface area contributed by atoms with Gasteiger partial charge in [-0.3, -0.25) is 9.78 Å². The Hall–Kier alpha value is -2.46. The van der Waals surface area contributed by atoms with Gasteiger partial charge >= 0.3 is 0 Å². The molecule has 0 saturated carbocycles. The first-order chi connectivity index (χ1) is 11.2. The van der Waals surface area contributed by atoms with Gasteiger partial charge in [0.1, 0.15) is 0 Å². The first-order valence-electron chi connectivity index (χ1n) is 7.41. The van der Waals surface area contributed by atoms with Crippen LogP contribution in [0.5, 0.6) is 0 Å². The van der Waals surface area contributed by atoms with Crippen LogP contribution in [0.2, 0.25) is 0 Å². The smallest absolute Gasteiger partial charge is 0.227 e. The zero-order valence-electron chi connectivity index (χ0n) is 12.6. The molecule has 0 radical (unpaired) electrons. The summed E-state index contributed by atoms with van der Waals surface area (Å²) in [5.74, 6) is 0.0854. The standard InChI is InChI=1S/C19H16N2OS/c22-18(15-6-2-1-3-7-15)14-21-11-10-20-13-17(21)12-16-8-4-5-9-19(16)23/h1-11,13H,12,14H2/p+1. The lowest BCUT2D eigenvalue weighted by Gasteiger charge is -2.05. The predicted octanol–water partition coefficient (Wildman–Crippen LogP) is 3.13. The molecule has 0 atom stereocenters. The number of rotatable bonds is 5. The molecule has 114 valence electrons. The third-order valence-electron chi connectivity index (χ3n) is 3.70. The summed E-state index contributed by atoms with van der Waals surface area (Å²) >= 11 is 4.49. The van der Waals surface area contributed by atoms with Gasteiger partial charge in [0.15, 0.2) is 6.20 Å². The monoisotopic (exact) mass is 321 g/mol. The van der Waals surface area contributed by atoms with E-state index in [4.69, 9.17) is 0 Å². The van der Waals surface area contributed by atoms with Gasteiger partial charge < -0.3 is 0 Å². The number of Topliss-reactive ketones (excluding diaryl/α,β-unsaturated/α-hetero) is 1. The van der Waals surface area contributed by atoms with E-state index in [0.29, 0.717) is 13.0 Å². The number of benzene rings is 2. The minimum atomic E-state index is 0.0854. The SMILES string of the molecule is O=C(C[n+]1ccncc1Cc1ccccc1S)c1ccccc1. The van der Waals surface area contributed by atoms with Crippen LogP contribution in [0.15, 0.2) is 78.1 Å². The highest BCUT2D eigenvalue weighted by Gasteiger charge is 2.17. The van der Waals surface area contributed by atoms with E-state index in [1.165, 1.54) is 0 Å². The Labute approximate surface area is 141 Å². The van der Waals surface area contributed by atoms with Crippen LogP contribution in [0.25, 0.3) is 0 Å². The van der Waals surface area contributed by atoms with E-state index in [1.54, 1.807) is 12.4 Å². The lowest BCUT2D eigenvalue weighted by atomic mass is 10.1. The van der Waals surface area contributed by atoms with Crippen LogP contribution in [0.1, 0.15) is 21.6 Å². The number of ketones is 1. The molecule has 0 amide bonds. The summed E-state index contributed by atoms with van der Waals surface area (Å²) in [4.78, 5) is 17.6. The third-order valence-corrected chi connectivity index (χ3v) is 4.13. The van der Waals surface area contributed by atoms with Crippen LogP contribution < -0.4 is 4.57 Å². The fraction of sp³-hybridized carbons (Fsp3) is 0.105. The van der Waals surface area contributed by atoms with Crippen molar-refractivity contribution >= 4 is 18.4 Å². The van der Waals surface area contributed by atoms with Crippen molar-refractivity contribution < 1.29 is 9.36 Å². The zero-order chi connectivity index (χ0) is 16.1. The van der Waals surface area contributed by atoms with E-state index in [0.717, 1.165) is 21.7 Å². The molecule has 0 N–H and O–H groups in total. The Morgan fingerprint density at radius 2 is 1.78 bits per heavy atom. The van der Waals surface area contributed by atoms with Gasteiger partial charge in [-0.05, 0) is 11.6 Å². The van der Waals surface area contributed by atoms with Gasteiger partial charge in [0.25, 0.3) is 0 Å². The van der Waals surface area contributed by atoms with Gasteiger partial charge in [0.05, 0.1) is 18.8 Å². The van der Waals surface area contributed by atoms with Gasteiger partial charge in [0.2, 0.25) is 18.0 Å². The summed E-state index contributed by atoms with van der Waals surface area (Å²) in [7, 11) is 0. The number of carbonyl (C=O) groups excluding carboxylic acids is 1. The topological polar surface area (TPSA) is 33.8 Å². The second-order valence-corrected chi connectivity index (χ2v) is 5.77. The van der Waals surface area contributed by atoms with Gasteiger partial charge in [-0.15, -0.1) is 12.6 Å². The number of nitrogens with zero attached hydrogens (tertiary/aromatic N) is 2. The van der Waals surface area contributed by atoms with Crippen molar-refractivity contribution in [3.05, 3.63) is 90.0 Å².